The number of likely N-dealkylation sites (N-methyl/N-ethyl adjacent to an activating group) is 1. The van der Waals surface area contributed by atoms with Gasteiger partial charge in [-0.1, -0.05) is 0 Å². The summed E-state index contributed by atoms with van der Waals surface area (Å²) in [5.41, 5.74) is 7.38. The molecule has 1 atom stereocenters. The molecule has 0 spiro atoms. The lowest BCUT2D eigenvalue weighted by Crippen LogP contribution is -2.60. The van der Waals surface area contributed by atoms with Gasteiger partial charge in [-0.25, -0.2) is 0 Å². The molecule has 0 radical (unpaired) electrons. The van der Waals surface area contributed by atoms with Gasteiger partial charge in [0.25, 0.3) is 0 Å². The zero-order valence-corrected chi connectivity index (χ0v) is 10.2. The molecule has 0 aliphatic carbocycles. The van der Waals surface area contributed by atoms with Crippen molar-refractivity contribution < 1.29 is 0 Å². The summed E-state index contributed by atoms with van der Waals surface area (Å²) in [4.78, 5) is 7.96. The molecule has 1 unspecified atom stereocenters. The lowest BCUT2D eigenvalue weighted by molar-refractivity contribution is 0.0541. The largest absolute Gasteiger partial charge is 0.365 e. The van der Waals surface area contributed by atoms with Gasteiger partial charge in [-0.15, -0.1) is 0 Å². The van der Waals surface area contributed by atoms with E-state index in [1.165, 1.54) is 5.69 Å². The van der Waals surface area contributed by atoms with Crippen molar-refractivity contribution in [3.05, 3.63) is 24.0 Å². The summed E-state index contributed by atoms with van der Waals surface area (Å²) in [6, 6.07) is 4.12. The highest BCUT2D eigenvalue weighted by Crippen LogP contribution is 2.16. The maximum absolute atomic E-state index is 6.42. The Morgan fingerprint density at radius 1 is 1.38 bits per heavy atom. The number of aromatic amines is 1. The Morgan fingerprint density at radius 2 is 2.06 bits per heavy atom. The van der Waals surface area contributed by atoms with Gasteiger partial charge in [0.1, 0.15) is 0 Å². The zero-order chi connectivity index (χ0) is 11.6. The first-order chi connectivity index (χ1) is 7.58. The summed E-state index contributed by atoms with van der Waals surface area (Å²) in [5.74, 6) is 0. The van der Waals surface area contributed by atoms with Crippen LogP contribution in [0.15, 0.2) is 18.3 Å². The fourth-order valence-corrected chi connectivity index (χ4v) is 2.29. The average molecular weight is 222 g/mol. The lowest BCUT2D eigenvalue weighted by atomic mass is 10.0. The molecule has 16 heavy (non-hydrogen) atoms. The summed E-state index contributed by atoms with van der Waals surface area (Å²) in [5, 5.41) is 0. The van der Waals surface area contributed by atoms with Crippen molar-refractivity contribution in [1.29, 1.82) is 0 Å². The van der Waals surface area contributed by atoms with Crippen molar-refractivity contribution >= 4 is 0 Å². The van der Waals surface area contributed by atoms with Crippen molar-refractivity contribution in [3.8, 4) is 0 Å². The standard InChI is InChI=1S/C12H22N4/c1-12(13,10-11-4-3-5-14-11)16-8-6-15(2)7-9-16/h3-5,14H,6-10,13H2,1-2H3. The quantitative estimate of drug-likeness (QED) is 0.782. The second-order valence-electron chi connectivity index (χ2n) is 5.02. The number of hydrogen-bond donors (Lipinski definition) is 2. The maximum Gasteiger partial charge on any atom is 0.0714 e. The number of hydrogen-bond acceptors (Lipinski definition) is 3. The van der Waals surface area contributed by atoms with Crippen LogP contribution in [0.1, 0.15) is 12.6 Å². The number of rotatable bonds is 3. The van der Waals surface area contributed by atoms with Crippen molar-refractivity contribution in [2.45, 2.75) is 19.0 Å². The van der Waals surface area contributed by atoms with E-state index in [9.17, 15) is 0 Å². The van der Waals surface area contributed by atoms with Gasteiger partial charge in [-0.05, 0) is 26.1 Å². The number of piperazine rings is 1. The highest BCUT2D eigenvalue weighted by molar-refractivity contribution is 5.07. The highest BCUT2D eigenvalue weighted by Gasteiger charge is 2.29. The molecule has 1 saturated heterocycles. The molecule has 4 heteroatoms. The van der Waals surface area contributed by atoms with E-state index in [1.54, 1.807) is 0 Å². The predicted octanol–water partition coefficient (Wildman–Crippen LogP) is 0.480. The van der Waals surface area contributed by atoms with Crippen molar-refractivity contribution in [3.63, 3.8) is 0 Å². The second-order valence-corrected chi connectivity index (χ2v) is 5.02. The van der Waals surface area contributed by atoms with E-state index in [2.05, 4.69) is 34.8 Å². The summed E-state index contributed by atoms with van der Waals surface area (Å²) in [6.07, 6.45) is 2.83. The molecule has 90 valence electrons. The smallest absolute Gasteiger partial charge is 0.0714 e. The highest BCUT2D eigenvalue weighted by atomic mass is 15.3. The van der Waals surface area contributed by atoms with E-state index < -0.39 is 0 Å². The Bertz CT molecular complexity index is 310. The van der Waals surface area contributed by atoms with Crippen LogP contribution in [0, 0.1) is 0 Å². The van der Waals surface area contributed by atoms with Gasteiger partial charge >= 0.3 is 0 Å². The number of aromatic nitrogens is 1. The van der Waals surface area contributed by atoms with Crippen LogP contribution in [-0.4, -0.2) is 53.7 Å². The predicted molar refractivity (Wildman–Crippen MR) is 66.2 cm³/mol. The van der Waals surface area contributed by atoms with Crippen LogP contribution in [-0.2, 0) is 6.42 Å². The van der Waals surface area contributed by atoms with Crippen LogP contribution in [0.4, 0.5) is 0 Å². The molecule has 1 aromatic heterocycles. The Kier molecular flexibility index (Phi) is 3.33. The molecule has 0 bridgehead atoms. The molecule has 1 aliphatic rings. The Labute approximate surface area is 97.4 Å². The van der Waals surface area contributed by atoms with E-state index in [4.69, 9.17) is 5.73 Å². The lowest BCUT2D eigenvalue weighted by Gasteiger charge is -2.42. The van der Waals surface area contributed by atoms with Gasteiger partial charge in [0.05, 0.1) is 5.66 Å². The van der Waals surface area contributed by atoms with E-state index in [-0.39, 0.29) is 5.66 Å². The average Bonchev–Trinajstić information content (AvgIpc) is 2.70. The maximum atomic E-state index is 6.42. The topological polar surface area (TPSA) is 48.3 Å². The second kappa shape index (κ2) is 4.57. The van der Waals surface area contributed by atoms with E-state index >= 15 is 0 Å². The van der Waals surface area contributed by atoms with Gasteiger partial charge in [-0.3, -0.25) is 4.90 Å². The molecule has 0 saturated carbocycles. The first-order valence-corrected chi connectivity index (χ1v) is 5.93. The molecular weight excluding hydrogens is 200 g/mol. The molecule has 3 N–H and O–H groups in total. The summed E-state index contributed by atoms with van der Waals surface area (Å²) < 4.78 is 0. The van der Waals surface area contributed by atoms with Gasteiger partial charge in [0.2, 0.25) is 0 Å². The minimum atomic E-state index is -0.244. The van der Waals surface area contributed by atoms with Crippen LogP contribution >= 0.6 is 0 Å². The van der Waals surface area contributed by atoms with Gasteiger partial charge in [0.15, 0.2) is 0 Å². The van der Waals surface area contributed by atoms with Crippen LogP contribution in [0.3, 0.4) is 0 Å². The van der Waals surface area contributed by atoms with Gasteiger partial charge in [-0.2, -0.15) is 0 Å². The van der Waals surface area contributed by atoms with Crippen molar-refractivity contribution in [2.24, 2.45) is 5.73 Å². The van der Waals surface area contributed by atoms with Gasteiger partial charge in [0, 0.05) is 44.5 Å². The van der Waals surface area contributed by atoms with E-state index in [0.717, 1.165) is 32.6 Å². The molecule has 4 nitrogen and oxygen atoms in total. The van der Waals surface area contributed by atoms with E-state index in [1.807, 2.05) is 12.3 Å². The Hall–Kier alpha value is -0.840. The molecule has 0 amide bonds. The Balaban J connectivity index is 1.96. The SMILES string of the molecule is CN1CCN(C(C)(N)Cc2ccc[nH]2)CC1. The van der Waals surface area contributed by atoms with Crippen LogP contribution in [0.25, 0.3) is 0 Å². The van der Waals surface area contributed by atoms with Crippen molar-refractivity contribution in [1.82, 2.24) is 14.8 Å². The fourth-order valence-electron chi connectivity index (χ4n) is 2.29. The normalized spacial score (nSPS) is 23.2. The van der Waals surface area contributed by atoms with Crippen LogP contribution < -0.4 is 5.73 Å². The van der Waals surface area contributed by atoms with E-state index in [0.29, 0.717) is 0 Å². The zero-order valence-electron chi connectivity index (χ0n) is 10.2. The molecule has 0 aromatic carbocycles. The molecule has 2 rings (SSSR count). The molecule has 1 aromatic rings. The van der Waals surface area contributed by atoms with Crippen molar-refractivity contribution in [2.75, 3.05) is 33.2 Å². The number of H-pyrrole nitrogens is 1. The Morgan fingerprint density at radius 3 is 2.62 bits per heavy atom. The minimum absolute atomic E-state index is 0.244. The first kappa shape index (κ1) is 11.6. The summed E-state index contributed by atoms with van der Waals surface area (Å²) in [7, 11) is 2.16. The monoisotopic (exact) mass is 222 g/mol. The third kappa shape index (κ3) is 2.64. The minimum Gasteiger partial charge on any atom is -0.365 e. The third-order valence-corrected chi connectivity index (χ3v) is 3.44. The number of nitrogens with two attached hydrogens (primary N) is 1. The summed E-state index contributed by atoms with van der Waals surface area (Å²) in [6.45, 7) is 6.46. The van der Waals surface area contributed by atoms with Crippen LogP contribution in [0.2, 0.25) is 0 Å². The molecule has 1 fully saturated rings. The molecular formula is C12H22N4. The van der Waals surface area contributed by atoms with Gasteiger partial charge < -0.3 is 15.6 Å². The molecule has 1 aliphatic heterocycles. The molecule has 2 heterocycles. The summed E-state index contributed by atoms with van der Waals surface area (Å²) >= 11 is 0. The number of nitrogens with one attached hydrogen (secondary N) is 1. The first-order valence-electron chi connectivity index (χ1n) is 5.93. The third-order valence-electron chi connectivity index (χ3n) is 3.44. The van der Waals surface area contributed by atoms with Crippen LogP contribution in [0.5, 0.6) is 0 Å². The fraction of sp³-hybridized carbons (Fsp3) is 0.667. The number of nitrogens with zero attached hydrogens (tertiary/aromatic N) is 2.